The Morgan fingerprint density at radius 2 is 2.27 bits per heavy atom. The molecule has 2 aromatic rings. The topological polar surface area (TPSA) is 35.0 Å². The fourth-order valence-electron chi connectivity index (χ4n) is 1.07. The number of thiazole rings is 1. The lowest BCUT2D eigenvalue weighted by Gasteiger charge is -1.93. The highest BCUT2D eigenvalue weighted by atomic mass is 35.5. The fourth-order valence-corrected chi connectivity index (χ4v) is 2.15. The molecule has 0 atom stereocenters. The van der Waals surface area contributed by atoms with Crippen molar-refractivity contribution in [1.29, 1.82) is 0 Å². The van der Waals surface area contributed by atoms with E-state index in [9.17, 15) is 4.39 Å². The third kappa shape index (κ3) is 2.08. The number of hydrogen-bond acceptors (Lipinski definition) is 4. The molecule has 0 radical (unpaired) electrons. The van der Waals surface area contributed by atoms with Gasteiger partial charge in [0.2, 0.25) is 5.06 Å². The van der Waals surface area contributed by atoms with E-state index < -0.39 is 5.82 Å². The van der Waals surface area contributed by atoms with Crippen molar-refractivity contribution < 1.29 is 9.13 Å². The minimum atomic E-state index is -0.405. The molecule has 6 heteroatoms. The summed E-state index contributed by atoms with van der Waals surface area (Å²) in [5, 5.41) is 1.38. The van der Waals surface area contributed by atoms with Gasteiger partial charge in [-0.2, -0.15) is 0 Å². The zero-order valence-electron chi connectivity index (χ0n) is 7.70. The van der Waals surface area contributed by atoms with Crippen molar-refractivity contribution in [3.05, 3.63) is 29.4 Å². The van der Waals surface area contributed by atoms with E-state index in [2.05, 4.69) is 9.97 Å². The van der Waals surface area contributed by atoms with E-state index >= 15 is 0 Å². The molecule has 0 saturated heterocycles. The molecule has 0 aromatic carbocycles. The van der Waals surface area contributed by atoms with Crippen molar-refractivity contribution in [1.82, 2.24) is 9.97 Å². The molecule has 0 fully saturated rings. The molecule has 2 aromatic heterocycles. The molecule has 0 amide bonds. The van der Waals surface area contributed by atoms with Gasteiger partial charge in [-0.05, 0) is 6.07 Å². The third-order valence-electron chi connectivity index (χ3n) is 1.69. The monoisotopic (exact) mass is 244 g/mol. The SMILES string of the molecule is COc1sc(-c2cncc(F)c2)nc1Cl. The lowest BCUT2D eigenvalue weighted by molar-refractivity contribution is 0.426. The van der Waals surface area contributed by atoms with Crippen LogP contribution in [0.1, 0.15) is 0 Å². The minimum absolute atomic E-state index is 0.279. The van der Waals surface area contributed by atoms with Crippen molar-refractivity contribution in [3.63, 3.8) is 0 Å². The van der Waals surface area contributed by atoms with Gasteiger partial charge in [0.25, 0.3) is 0 Å². The van der Waals surface area contributed by atoms with E-state index in [-0.39, 0.29) is 5.15 Å². The molecule has 0 N–H and O–H groups in total. The van der Waals surface area contributed by atoms with Crippen LogP contribution in [0.3, 0.4) is 0 Å². The molecule has 0 bridgehead atoms. The van der Waals surface area contributed by atoms with E-state index in [0.29, 0.717) is 15.6 Å². The molecule has 0 aliphatic carbocycles. The molecule has 78 valence electrons. The van der Waals surface area contributed by atoms with Crippen LogP contribution in [0, 0.1) is 5.82 Å². The van der Waals surface area contributed by atoms with E-state index in [4.69, 9.17) is 16.3 Å². The Kier molecular flexibility index (Phi) is 2.83. The van der Waals surface area contributed by atoms with Gasteiger partial charge in [-0.15, -0.1) is 0 Å². The standard InChI is InChI=1S/C9H6ClFN2OS/c1-14-9-7(10)13-8(15-9)5-2-6(11)4-12-3-5/h2-4H,1H3. The summed E-state index contributed by atoms with van der Waals surface area (Å²) >= 11 is 7.04. The number of nitrogens with zero attached hydrogens (tertiary/aromatic N) is 2. The number of ether oxygens (including phenoxy) is 1. The molecule has 15 heavy (non-hydrogen) atoms. The van der Waals surface area contributed by atoms with E-state index in [1.54, 1.807) is 0 Å². The molecule has 0 aliphatic rings. The van der Waals surface area contributed by atoms with Crippen molar-refractivity contribution in [3.8, 4) is 15.6 Å². The van der Waals surface area contributed by atoms with Crippen molar-refractivity contribution in [2.45, 2.75) is 0 Å². The minimum Gasteiger partial charge on any atom is -0.485 e. The van der Waals surface area contributed by atoms with Crippen molar-refractivity contribution in [2.75, 3.05) is 7.11 Å². The van der Waals surface area contributed by atoms with Crippen LogP contribution in [0.2, 0.25) is 5.15 Å². The predicted octanol–water partition coefficient (Wildman–Crippen LogP) is 3.01. The zero-order chi connectivity index (χ0) is 10.8. The van der Waals surface area contributed by atoms with Crippen LogP contribution < -0.4 is 4.74 Å². The highest BCUT2D eigenvalue weighted by Gasteiger charge is 2.11. The first-order chi connectivity index (χ1) is 7.20. The largest absolute Gasteiger partial charge is 0.485 e. The normalized spacial score (nSPS) is 10.3. The molecule has 0 saturated carbocycles. The second kappa shape index (κ2) is 4.12. The van der Waals surface area contributed by atoms with Crippen LogP contribution >= 0.6 is 22.9 Å². The molecule has 3 nitrogen and oxygen atoms in total. The van der Waals surface area contributed by atoms with Gasteiger partial charge in [0.05, 0.1) is 13.3 Å². The zero-order valence-corrected chi connectivity index (χ0v) is 9.27. The quantitative estimate of drug-likeness (QED) is 0.815. The lowest BCUT2D eigenvalue weighted by Crippen LogP contribution is -1.81. The summed E-state index contributed by atoms with van der Waals surface area (Å²) in [4.78, 5) is 7.78. The smallest absolute Gasteiger partial charge is 0.213 e. The maximum Gasteiger partial charge on any atom is 0.213 e. The number of pyridine rings is 1. The Morgan fingerprint density at radius 1 is 1.47 bits per heavy atom. The second-order valence-corrected chi connectivity index (χ2v) is 4.01. The van der Waals surface area contributed by atoms with Gasteiger partial charge in [0.15, 0.2) is 5.15 Å². The van der Waals surface area contributed by atoms with Gasteiger partial charge in [0.1, 0.15) is 10.8 Å². The Morgan fingerprint density at radius 3 is 2.87 bits per heavy atom. The molecule has 0 spiro atoms. The molecular formula is C9H6ClFN2OS. The summed E-state index contributed by atoms with van der Waals surface area (Å²) in [6, 6.07) is 1.35. The number of rotatable bonds is 2. The summed E-state index contributed by atoms with van der Waals surface area (Å²) < 4.78 is 17.9. The first kappa shape index (κ1) is 10.3. The highest BCUT2D eigenvalue weighted by molar-refractivity contribution is 7.17. The highest BCUT2D eigenvalue weighted by Crippen LogP contribution is 2.36. The lowest BCUT2D eigenvalue weighted by atomic mass is 10.3. The fraction of sp³-hybridized carbons (Fsp3) is 0.111. The van der Waals surface area contributed by atoms with E-state index in [1.807, 2.05) is 0 Å². The second-order valence-electron chi connectivity index (χ2n) is 2.69. The average Bonchev–Trinajstić information content (AvgIpc) is 2.60. The maximum absolute atomic E-state index is 12.9. The van der Waals surface area contributed by atoms with Crippen molar-refractivity contribution in [2.24, 2.45) is 0 Å². The summed E-state index contributed by atoms with van der Waals surface area (Å²) in [7, 11) is 1.51. The van der Waals surface area contributed by atoms with Crippen LogP contribution in [0.25, 0.3) is 10.6 Å². The Bertz CT molecular complexity index is 489. The first-order valence-corrected chi connectivity index (χ1v) is 5.21. The Hall–Kier alpha value is -1.20. The summed E-state index contributed by atoms with van der Waals surface area (Å²) in [5.41, 5.74) is 0.588. The predicted molar refractivity (Wildman–Crippen MR) is 56.9 cm³/mol. The summed E-state index contributed by atoms with van der Waals surface area (Å²) in [6.45, 7) is 0. The van der Waals surface area contributed by atoms with Crippen LogP contribution in [-0.4, -0.2) is 17.1 Å². The summed E-state index contributed by atoms with van der Waals surface area (Å²) in [6.07, 6.45) is 2.66. The van der Waals surface area contributed by atoms with Crippen molar-refractivity contribution >= 4 is 22.9 Å². The molecule has 0 unspecified atom stereocenters. The Balaban J connectivity index is 2.45. The molecule has 2 rings (SSSR count). The average molecular weight is 245 g/mol. The molecule has 2 heterocycles. The first-order valence-electron chi connectivity index (χ1n) is 4.02. The van der Waals surface area contributed by atoms with Crippen LogP contribution in [0.5, 0.6) is 5.06 Å². The third-order valence-corrected chi connectivity index (χ3v) is 3.13. The van der Waals surface area contributed by atoms with E-state index in [0.717, 1.165) is 6.20 Å². The van der Waals surface area contributed by atoms with Crippen LogP contribution in [-0.2, 0) is 0 Å². The number of aromatic nitrogens is 2. The summed E-state index contributed by atoms with van der Waals surface area (Å²) in [5.74, 6) is -0.405. The van der Waals surface area contributed by atoms with Gasteiger partial charge in [0, 0.05) is 11.8 Å². The molecular weight excluding hydrogens is 239 g/mol. The van der Waals surface area contributed by atoms with Gasteiger partial charge < -0.3 is 4.74 Å². The van der Waals surface area contributed by atoms with Gasteiger partial charge in [-0.3, -0.25) is 4.98 Å². The number of hydrogen-bond donors (Lipinski definition) is 0. The van der Waals surface area contributed by atoms with Crippen LogP contribution in [0.4, 0.5) is 4.39 Å². The number of methoxy groups -OCH3 is 1. The van der Waals surface area contributed by atoms with Gasteiger partial charge in [-0.25, -0.2) is 9.37 Å². The van der Waals surface area contributed by atoms with Gasteiger partial charge in [-0.1, -0.05) is 22.9 Å². The molecule has 0 aliphatic heterocycles. The van der Waals surface area contributed by atoms with Crippen LogP contribution in [0.15, 0.2) is 18.5 Å². The van der Waals surface area contributed by atoms with E-state index in [1.165, 1.54) is 30.7 Å². The van der Waals surface area contributed by atoms with Gasteiger partial charge >= 0.3 is 0 Å². The Labute approximate surface area is 94.5 Å². The maximum atomic E-state index is 12.9. The number of halogens is 2.